The summed E-state index contributed by atoms with van der Waals surface area (Å²) in [4.78, 5) is 0.467. The number of hydrogen-bond acceptors (Lipinski definition) is 3. The van der Waals surface area contributed by atoms with Gasteiger partial charge in [-0.25, -0.2) is 8.42 Å². The summed E-state index contributed by atoms with van der Waals surface area (Å²) in [5.41, 5.74) is 1.33. The Morgan fingerprint density at radius 1 is 1.06 bits per heavy atom. The largest absolute Gasteiger partial charge is 0.390 e. The van der Waals surface area contributed by atoms with Crippen molar-refractivity contribution >= 4 is 9.84 Å². The maximum Gasteiger partial charge on any atom is 0.178 e. The molecule has 4 aliphatic carbocycles. The Kier molecular flexibility index (Phi) is 6.09. The number of benzene rings is 1. The average molecular weight is 471 g/mol. The quantitative estimate of drug-likeness (QED) is 0.505. The van der Waals surface area contributed by atoms with Crippen LogP contribution in [0.3, 0.4) is 0 Å². The number of rotatable bonds is 5. The second kappa shape index (κ2) is 8.52. The highest BCUT2D eigenvalue weighted by atomic mass is 32.2. The summed E-state index contributed by atoms with van der Waals surface area (Å²) in [6.45, 7) is 6.81. The molecular formula is C29H42O3S. The van der Waals surface area contributed by atoms with E-state index in [0.717, 1.165) is 37.5 Å². The van der Waals surface area contributed by atoms with Gasteiger partial charge in [0, 0.05) is 0 Å². The average Bonchev–Trinajstić information content (AvgIpc) is 3.16. The van der Waals surface area contributed by atoms with E-state index in [9.17, 15) is 13.5 Å². The van der Waals surface area contributed by atoms with Gasteiger partial charge < -0.3 is 5.11 Å². The van der Waals surface area contributed by atoms with E-state index in [-0.39, 0.29) is 17.1 Å². The van der Waals surface area contributed by atoms with E-state index in [1.54, 1.807) is 17.7 Å². The number of hydrogen-bond donors (Lipinski definition) is 1. The molecule has 0 aromatic heterocycles. The van der Waals surface area contributed by atoms with Crippen molar-refractivity contribution in [1.29, 1.82) is 0 Å². The molecule has 0 amide bonds. The zero-order chi connectivity index (χ0) is 23.4. The molecule has 4 heteroatoms. The molecule has 182 valence electrons. The van der Waals surface area contributed by atoms with Gasteiger partial charge in [0.1, 0.15) is 0 Å². The third-order valence-electron chi connectivity index (χ3n) is 10.6. The van der Waals surface area contributed by atoms with Gasteiger partial charge in [0.25, 0.3) is 0 Å². The Balaban J connectivity index is 1.33. The van der Waals surface area contributed by atoms with Gasteiger partial charge in [-0.2, -0.15) is 0 Å². The van der Waals surface area contributed by atoms with Crippen molar-refractivity contribution in [3.8, 4) is 0 Å². The summed E-state index contributed by atoms with van der Waals surface area (Å²) >= 11 is 0. The van der Waals surface area contributed by atoms with Gasteiger partial charge in [0.05, 0.1) is 16.2 Å². The van der Waals surface area contributed by atoms with E-state index in [1.807, 2.05) is 18.2 Å². The predicted octanol–water partition coefficient (Wildman–Crippen LogP) is 6.43. The molecule has 3 fully saturated rings. The highest BCUT2D eigenvalue weighted by Gasteiger charge is 2.57. The van der Waals surface area contributed by atoms with E-state index in [4.69, 9.17) is 0 Å². The lowest BCUT2D eigenvalue weighted by Crippen LogP contribution is -2.48. The molecule has 0 radical (unpaired) electrons. The molecule has 8 atom stereocenters. The molecule has 1 N–H and O–H groups in total. The normalized spacial score (nSPS) is 41.5. The Hall–Kier alpha value is -1.13. The first-order valence-corrected chi connectivity index (χ1v) is 15.0. The Morgan fingerprint density at radius 2 is 1.82 bits per heavy atom. The van der Waals surface area contributed by atoms with Crippen molar-refractivity contribution in [2.75, 3.05) is 5.75 Å². The van der Waals surface area contributed by atoms with Gasteiger partial charge in [-0.3, -0.25) is 0 Å². The Morgan fingerprint density at radius 3 is 2.55 bits per heavy atom. The topological polar surface area (TPSA) is 54.4 Å². The van der Waals surface area contributed by atoms with Gasteiger partial charge in [-0.1, -0.05) is 50.6 Å². The van der Waals surface area contributed by atoms with Crippen molar-refractivity contribution in [3.05, 3.63) is 42.0 Å². The molecule has 0 aliphatic heterocycles. The molecule has 5 rings (SSSR count). The van der Waals surface area contributed by atoms with Gasteiger partial charge >= 0.3 is 0 Å². The van der Waals surface area contributed by atoms with Crippen LogP contribution in [0.5, 0.6) is 0 Å². The van der Waals surface area contributed by atoms with Crippen LogP contribution in [0.4, 0.5) is 0 Å². The molecular weight excluding hydrogens is 428 g/mol. The summed E-state index contributed by atoms with van der Waals surface area (Å²) in [5, 5.41) is 10.9. The van der Waals surface area contributed by atoms with Crippen molar-refractivity contribution in [2.24, 2.45) is 40.9 Å². The molecule has 1 aromatic carbocycles. The van der Waals surface area contributed by atoms with Crippen LogP contribution >= 0.6 is 0 Å². The molecule has 1 aromatic rings. The number of fused-ring (bicyclic) bond motifs is 5. The Labute approximate surface area is 201 Å². The molecule has 3 saturated carbocycles. The predicted molar refractivity (Wildman–Crippen MR) is 133 cm³/mol. The van der Waals surface area contributed by atoms with Crippen molar-refractivity contribution < 1.29 is 13.5 Å². The highest BCUT2D eigenvalue weighted by molar-refractivity contribution is 7.91. The standard InChI is InChI=1S/C29H42O3S/c1-4-29(30)17-15-23-21(18-29)10-11-25-24(23)14-16-28(3)26(12-13-27(25)28)20(2)19-33(31,32)22-8-6-5-7-9-22/h5-10,20,23-27,30H,4,11-19H2,1-3H3/t20-,23+,24?,25-,26-,27?,28-,29+/m1/s1. The molecule has 3 nitrogen and oxygen atoms in total. The van der Waals surface area contributed by atoms with E-state index < -0.39 is 15.4 Å². The smallest absolute Gasteiger partial charge is 0.178 e. The Bertz CT molecular complexity index is 999. The number of allylic oxidation sites excluding steroid dienone is 1. The van der Waals surface area contributed by atoms with Gasteiger partial charge in [-0.15, -0.1) is 0 Å². The summed E-state index contributed by atoms with van der Waals surface area (Å²) in [7, 11) is -3.25. The van der Waals surface area contributed by atoms with Crippen molar-refractivity contribution in [3.63, 3.8) is 0 Å². The second-order valence-electron chi connectivity index (χ2n) is 12.1. The van der Waals surface area contributed by atoms with Crippen LogP contribution in [-0.4, -0.2) is 24.9 Å². The third-order valence-corrected chi connectivity index (χ3v) is 12.5. The third kappa shape index (κ3) is 4.03. The lowest BCUT2D eigenvalue weighted by Gasteiger charge is -2.55. The van der Waals surface area contributed by atoms with E-state index >= 15 is 0 Å². The van der Waals surface area contributed by atoms with Gasteiger partial charge in [-0.05, 0) is 111 Å². The van der Waals surface area contributed by atoms with Crippen LogP contribution in [-0.2, 0) is 9.84 Å². The first-order chi connectivity index (χ1) is 15.7. The van der Waals surface area contributed by atoms with Crippen molar-refractivity contribution in [2.45, 2.75) is 89.1 Å². The molecule has 0 heterocycles. The fourth-order valence-electron chi connectivity index (χ4n) is 8.83. The minimum Gasteiger partial charge on any atom is -0.390 e. The van der Waals surface area contributed by atoms with Gasteiger partial charge in [0.2, 0.25) is 0 Å². The van der Waals surface area contributed by atoms with Crippen molar-refractivity contribution in [1.82, 2.24) is 0 Å². The number of aliphatic hydroxyl groups is 1. The fourth-order valence-corrected chi connectivity index (χ4v) is 10.5. The zero-order valence-electron chi connectivity index (χ0n) is 20.7. The fraction of sp³-hybridized carbons (Fsp3) is 0.724. The first-order valence-electron chi connectivity index (χ1n) is 13.4. The van der Waals surface area contributed by atoms with Crippen LogP contribution in [0.25, 0.3) is 0 Å². The first kappa shape index (κ1) is 23.6. The maximum atomic E-state index is 13.1. The number of sulfone groups is 1. The van der Waals surface area contributed by atoms with Crippen LogP contribution in [0.2, 0.25) is 0 Å². The second-order valence-corrected chi connectivity index (χ2v) is 14.2. The van der Waals surface area contributed by atoms with E-state index in [2.05, 4.69) is 26.8 Å². The molecule has 0 bridgehead atoms. The van der Waals surface area contributed by atoms with Crippen LogP contribution in [0, 0.1) is 40.9 Å². The van der Waals surface area contributed by atoms with Crippen LogP contribution < -0.4 is 0 Å². The summed E-state index contributed by atoms with van der Waals surface area (Å²) < 4.78 is 26.2. The van der Waals surface area contributed by atoms with E-state index in [0.29, 0.717) is 22.6 Å². The molecule has 0 spiro atoms. The zero-order valence-corrected chi connectivity index (χ0v) is 21.5. The lowest BCUT2D eigenvalue weighted by atomic mass is 9.50. The summed E-state index contributed by atoms with van der Waals surface area (Å²) in [6.07, 6.45) is 12.5. The summed E-state index contributed by atoms with van der Waals surface area (Å²) in [6, 6.07) is 9.00. The minimum absolute atomic E-state index is 0.186. The summed E-state index contributed by atoms with van der Waals surface area (Å²) in [5.74, 6) is 3.85. The molecule has 33 heavy (non-hydrogen) atoms. The van der Waals surface area contributed by atoms with E-state index in [1.165, 1.54) is 32.1 Å². The minimum atomic E-state index is -3.25. The molecule has 2 unspecified atom stereocenters. The lowest BCUT2D eigenvalue weighted by molar-refractivity contribution is -0.0444. The van der Waals surface area contributed by atoms with Crippen LogP contribution in [0.15, 0.2) is 46.9 Å². The molecule has 0 saturated heterocycles. The maximum absolute atomic E-state index is 13.1. The highest BCUT2D eigenvalue weighted by Crippen LogP contribution is 2.65. The monoisotopic (exact) mass is 470 g/mol. The molecule has 4 aliphatic rings. The van der Waals surface area contributed by atoms with Crippen LogP contribution in [0.1, 0.15) is 78.6 Å². The SMILES string of the molecule is CC[C@]1(O)CC[C@H]2C(=CC[C@@H]3C2CC[C@@]2(C)C3CC[C@@H]2[C@H](C)CS(=O)(=O)c2ccccc2)C1. The van der Waals surface area contributed by atoms with Gasteiger partial charge in [0.15, 0.2) is 9.84 Å².